The molecular formula is C15H15Cl2FN2O. The molecule has 0 spiro atoms. The van der Waals surface area contributed by atoms with Crippen molar-refractivity contribution in [2.24, 2.45) is 0 Å². The maximum atomic E-state index is 13.0. The first-order chi connectivity index (χ1) is 10.1. The fraction of sp³-hybridized carbons (Fsp3) is 0.333. The summed E-state index contributed by atoms with van der Waals surface area (Å²) in [6.07, 6.45) is 0.475. The van der Waals surface area contributed by atoms with E-state index in [9.17, 15) is 4.39 Å². The highest BCUT2D eigenvalue weighted by atomic mass is 35.5. The average Bonchev–Trinajstić information content (AvgIpc) is 2.46. The predicted molar refractivity (Wildman–Crippen MR) is 82.1 cm³/mol. The highest BCUT2D eigenvalue weighted by Crippen LogP contribution is 2.34. The van der Waals surface area contributed by atoms with Gasteiger partial charge in [-0.1, -0.05) is 42.3 Å². The van der Waals surface area contributed by atoms with Gasteiger partial charge in [0.05, 0.1) is 5.56 Å². The quantitative estimate of drug-likeness (QED) is 0.718. The van der Waals surface area contributed by atoms with Crippen LogP contribution in [0, 0.1) is 5.82 Å². The van der Waals surface area contributed by atoms with Crippen molar-refractivity contribution < 1.29 is 9.13 Å². The molecule has 1 heterocycles. The molecule has 0 amide bonds. The minimum Gasteiger partial charge on any atom is -0.371 e. The predicted octanol–water partition coefficient (Wildman–Crippen LogP) is 5.08. The Morgan fingerprint density at radius 2 is 1.67 bits per heavy atom. The van der Waals surface area contributed by atoms with Crippen molar-refractivity contribution in [2.75, 3.05) is 6.61 Å². The molecule has 0 saturated heterocycles. The molecule has 112 valence electrons. The van der Waals surface area contributed by atoms with E-state index in [1.165, 1.54) is 12.1 Å². The second kappa shape index (κ2) is 7.16. The third-order valence-corrected chi connectivity index (χ3v) is 3.54. The molecule has 1 atom stereocenters. The van der Waals surface area contributed by atoms with E-state index in [4.69, 9.17) is 27.9 Å². The van der Waals surface area contributed by atoms with Crippen LogP contribution in [0.3, 0.4) is 0 Å². The van der Waals surface area contributed by atoms with Gasteiger partial charge in [0.2, 0.25) is 0 Å². The third kappa shape index (κ3) is 3.70. The summed E-state index contributed by atoms with van der Waals surface area (Å²) in [4.78, 5) is 8.55. The molecule has 0 N–H and O–H groups in total. The van der Waals surface area contributed by atoms with Crippen molar-refractivity contribution in [2.45, 2.75) is 26.4 Å². The molecule has 0 saturated carbocycles. The van der Waals surface area contributed by atoms with Crippen LogP contribution < -0.4 is 0 Å². The summed E-state index contributed by atoms with van der Waals surface area (Å²) in [5.41, 5.74) is 1.16. The summed E-state index contributed by atoms with van der Waals surface area (Å²) in [5.74, 6) is 0.131. The van der Waals surface area contributed by atoms with Gasteiger partial charge in [-0.05, 0) is 31.0 Å². The van der Waals surface area contributed by atoms with Crippen molar-refractivity contribution in [1.82, 2.24) is 9.97 Å². The Balaban J connectivity index is 2.44. The maximum absolute atomic E-state index is 13.0. The topological polar surface area (TPSA) is 35.0 Å². The number of benzene rings is 1. The average molecular weight is 329 g/mol. The molecule has 1 aromatic heterocycles. The Labute approximate surface area is 133 Å². The lowest BCUT2D eigenvalue weighted by atomic mass is 10.1. The van der Waals surface area contributed by atoms with Crippen molar-refractivity contribution in [3.05, 3.63) is 46.2 Å². The lowest BCUT2D eigenvalue weighted by Gasteiger charge is -2.15. The van der Waals surface area contributed by atoms with Crippen molar-refractivity contribution in [3.63, 3.8) is 0 Å². The van der Waals surface area contributed by atoms with Gasteiger partial charge in [-0.25, -0.2) is 14.4 Å². The Morgan fingerprint density at radius 1 is 1.10 bits per heavy atom. The van der Waals surface area contributed by atoms with Gasteiger partial charge in [0, 0.05) is 6.61 Å². The SMILES string of the molecule is CCOC(CC)c1nc(Cl)c(-c2ccc(F)cc2)c(Cl)n1. The van der Waals surface area contributed by atoms with Crippen LogP contribution in [0.4, 0.5) is 4.39 Å². The highest BCUT2D eigenvalue weighted by molar-refractivity contribution is 6.37. The number of nitrogens with zero attached hydrogens (tertiary/aromatic N) is 2. The molecule has 0 fully saturated rings. The number of rotatable bonds is 5. The zero-order valence-corrected chi connectivity index (χ0v) is 13.2. The standard InChI is InChI=1S/C15H15Cl2FN2O/c1-3-11(21-4-2)15-19-13(16)12(14(17)20-15)9-5-7-10(18)8-6-9/h5-8,11H,3-4H2,1-2H3. The molecular weight excluding hydrogens is 314 g/mol. The molecule has 0 aliphatic heterocycles. The van der Waals surface area contributed by atoms with E-state index >= 15 is 0 Å². The van der Waals surface area contributed by atoms with Gasteiger partial charge in [-0.15, -0.1) is 0 Å². The number of hydrogen-bond donors (Lipinski definition) is 0. The molecule has 0 radical (unpaired) electrons. The van der Waals surface area contributed by atoms with Crippen LogP contribution in [0.1, 0.15) is 32.2 Å². The molecule has 1 unspecified atom stereocenters. The molecule has 1 aromatic carbocycles. The molecule has 0 bridgehead atoms. The van der Waals surface area contributed by atoms with Crippen molar-refractivity contribution in [1.29, 1.82) is 0 Å². The van der Waals surface area contributed by atoms with Gasteiger partial charge in [0.25, 0.3) is 0 Å². The summed E-state index contributed by atoms with van der Waals surface area (Å²) in [7, 11) is 0. The molecule has 2 aromatic rings. The summed E-state index contributed by atoms with van der Waals surface area (Å²) in [6.45, 7) is 4.43. The van der Waals surface area contributed by atoms with Crippen LogP contribution in [0.2, 0.25) is 10.3 Å². The Bertz CT molecular complexity index is 597. The van der Waals surface area contributed by atoms with Gasteiger partial charge < -0.3 is 4.74 Å². The lowest BCUT2D eigenvalue weighted by Crippen LogP contribution is -2.09. The minimum atomic E-state index is -0.328. The molecule has 0 aliphatic rings. The van der Waals surface area contributed by atoms with E-state index in [0.29, 0.717) is 23.6 Å². The summed E-state index contributed by atoms with van der Waals surface area (Å²) in [5, 5.41) is 0.463. The molecule has 2 rings (SSSR count). The van der Waals surface area contributed by atoms with Crippen LogP contribution in [0.5, 0.6) is 0 Å². The molecule has 21 heavy (non-hydrogen) atoms. The van der Waals surface area contributed by atoms with Crippen LogP contribution >= 0.6 is 23.2 Å². The van der Waals surface area contributed by atoms with E-state index in [1.807, 2.05) is 13.8 Å². The Hall–Kier alpha value is -1.23. The van der Waals surface area contributed by atoms with Gasteiger partial charge in [0.15, 0.2) is 5.82 Å². The third-order valence-electron chi connectivity index (χ3n) is 3.00. The minimum absolute atomic E-state index is 0.231. The highest BCUT2D eigenvalue weighted by Gasteiger charge is 2.19. The van der Waals surface area contributed by atoms with Gasteiger partial charge >= 0.3 is 0 Å². The van der Waals surface area contributed by atoms with Crippen molar-refractivity contribution >= 4 is 23.2 Å². The number of ether oxygens (including phenoxy) is 1. The fourth-order valence-corrected chi connectivity index (χ4v) is 2.62. The summed E-state index contributed by atoms with van der Waals surface area (Å²) < 4.78 is 18.5. The fourth-order valence-electron chi connectivity index (χ4n) is 2.00. The van der Waals surface area contributed by atoms with Crippen LogP contribution in [-0.4, -0.2) is 16.6 Å². The largest absolute Gasteiger partial charge is 0.371 e. The summed E-state index contributed by atoms with van der Waals surface area (Å²) >= 11 is 12.5. The Kier molecular flexibility index (Phi) is 5.51. The Morgan fingerprint density at radius 3 is 2.14 bits per heavy atom. The van der Waals surface area contributed by atoms with E-state index in [2.05, 4.69) is 9.97 Å². The van der Waals surface area contributed by atoms with Crippen LogP contribution in [0.25, 0.3) is 11.1 Å². The first kappa shape index (κ1) is 16.1. The number of aromatic nitrogens is 2. The normalized spacial score (nSPS) is 12.4. The van der Waals surface area contributed by atoms with Crippen LogP contribution in [0.15, 0.2) is 24.3 Å². The second-order valence-electron chi connectivity index (χ2n) is 4.40. The molecule has 3 nitrogen and oxygen atoms in total. The number of hydrogen-bond acceptors (Lipinski definition) is 3. The smallest absolute Gasteiger partial charge is 0.160 e. The van der Waals surface area contributed by atoms with E-state index in [0.717, 1.165) is 6.42 Å². The second-order valence-corrected chi connectivity index (χ2v) is 5.11. The first-order valence-corrected chi connectivity index (χ1v) is 7.42. The van der Waals surface area contributed by atoms with E-state index in [1.54, 1.807) is 12.1 Å². The first-order valence-electron chi connectivity index (χ1n) is 6.67. The zero-order chi connectivity index (χ0) is 15.4. The van der Waals surface area contributed by atoms with Gasteiger partial charge in [-0.3, -0.25) is 0 Å². The summed E-state index contributed by atoms with van der Waals surface area (Å²) in [6, 6.07) is 5.85. The lowest BCUT2D eigenvalue weighted by molar-refractivity contribution is 0.0535. The van der Waals surface area contributed by atoms with Crippen molar-refractivity contribution in [3.8, 4) is 11.1 Å². The van der Waals surface area contributed by atoms with Crippen LogP contribution in [-0.2, 0) is 4.74 Å². The van der Waals surface area contributed by atoms with Gasteiger partial charge in [-0.2, -0.15) is 0 Å². The monoisotopic (exact) mass is 328 g/mol. The maximum Gasteiger partial charge on any atom is 0.160 e. The van der Waals surface area contributed by atoms with Gasteiger partial charge in [0.1, 0.15) is 22.2 Å². The zero-order valence-electron chi connectivity index (χ0n) is 11.7. The van der Waals surface area contributed by atoms with E-state index < -0.39 is 0 Å². The number of halogens is 3. The molecule has 6 heteroatoms. The molecule has 0 aliphatic carbocycles. The van der Waals surface area contributed by atoms with E-state index in [-0.39, 0.29) is 22.2 Å².